The molecular formula is C59H110N2O6P+. The fraction of sp³-hybridized carbons (Fsp3) is 0.780. The molecule has 0 rings (SSSR count). The fourth-order valence-corrected chi connectivity index (χ4v) is 8.73. The first-order valence-electron chi connectivity index (χ1n) is 28.3. The van der Waals surface area contributed by atoms with Gasteiger partial charge in [-0.2, -0.15) is 0 Å². The summed E-state index contributed by atoms with van der Waals surface area (Å²) >= 11 is 0. The van der Waals surface area contributed by atoms with E-state index in [1.807, 2.05) is 27.2 Å². The van der Waals surface area contributed by atoms with Crippen LogP contribution in [-0.2, 0) is 18.4 Å². The molecule has 0 aromatic rings. The number of unbranched alkanes of at least 4 members (excludes halogenated alkanes) is 28. The lowest BCUT2D eigenvalue weighted by molar-refractivity contribution is -0.870. The molecule has 396 valence electrons. The monoisotopic (exact) mass is 974 g/mol. The molecule has 0 saturated heterocycles. The molecule has 0 aromatic carbocycles. The molecule has 3 unspecified atom stereocenters. The highest BCUT2D eigenvalue weighted by Gasteiger charge is 2.27. The number of phosphoric acid groups is 1. The minimum Gasteiger partial charge on any atom is -0.387 e. The number of carbonyl (C=O) groups excluding carboxylic acids is 1. The first-order chi connectivity index (χ1) is 33.0. The molecule has 0 heterocycles. The fourth-order valence-electron chi connectivity index (χ4n) is 7.99. The highest BCUT2D eigenvalue weighted by atomic mass is 31.2. The summed E-state index contributed by atoms with van der Waals surface area (Å²) in [6.07, 6.45) is 68.9. The highest BCUT2D eigenvalue weighted by Crippen LogP contribution is 2.43. The van der Waals surface area contributed by atoms with E-state index in [2.05, 4.69) is 79.9 Å². The summed E-state index contributed by atoms with van der Waals surface area (Å²) in [4.78, 5) is 23.2. The molecule has 8 nitrogen and oxygen atoms in total. The van der Waals surface area contributed by atoms with Gasteiger partial charge in [0.25, 0.3) is 0 Å². The first kappa shape index (κ1) is 65.9. The molecule has 0 aliphatic rings. The number of hydrogen-bond acceptors (Lipinski definition) is 5. The predicted octanol–water partition coefficient (Wildman–Crippen LogP) is 17.1. The van der Waals surface area contributed by atoms with Crippen molar-refractivity contribution < 1.29 is 32.9 Å². The SMILES string of the molecule is CC/C=C\C/C=C\C/C=C\C/C=C\CCCCCCCCCCCCCCCCCCCCCCCCC(=O)NC(COP(=O)(O)OCC[N+](C)(C)C)C(O)/C=C/CC/C=C/CCCCCCC. The Bertz CT molecular complexity index is 1330. The number of quaternary nitrogens is 1. The Morgan fingerprint density at radius 3 is 1.35 bits per heavy atom. The van der Waals surface area contributed by atoms with Crippen LogP contribution in [0.5, 0.6) is 0 Å². The molecule has 0 bridgehead atoms. The summed E-state index contributed by atoms with van der Waals surface area (Å²) in [6, 6.07) is -0.862. The molecule has 0 aliphatic heterocycles. The Balaban J connectivity index is 3.95. The quantitative estimate of drug-likeness (QED) is 0.0243. The molecule has 0 aromatic heterocycles. The van der Waals surface area contributed by atoms with E-state index in [-0.39, 0.29) is 19.1 Å². The Labute approximate surface area is 421 Å². The van der Waals surface area contributed by atoms with Crippen LogP contribution in [0, 0.1) is 0 Å². The number of aliphatic hydroxyl groups excluding tert-OH is 1. The van der Waals surface area contributed by atoms with Gasteiger partial charge in [-0.3, -0.25) is 13.8 Å². The van der Waals surface area contributed by atoms with E-state index in [1.165, 1.54) is 161 Å². The number of rotatable bonds is 51. The second kappa shape index (κ2) is 49.9. The minimum atomic E-state index is -4.35. The second-order valence-electron chi connectivity index (χ2n) is 20.3. The summed E-state index contributed by atoms with van der Waals surface area (Å²) in [5.41, 5.74) is 0. The second-order valence-corrected chi connectivity index (χ2v) is 21.7. The minimum absolute atomic E-state index is 0.0555. The van der Waals surface area contributed by atoms with Gasteiger partial charge >= 0.3 is 7.82 Å². The van der Waals surface area contributed by atoms with Crippen LogP contribution in [0.15, 0.2) is 72.9 Å². The summed E-state index contributed by atoms with van der Waals surface area (Å²) in [7, 11) is 1.55. The Kier molecular flexibility index (Phi) is 48.4. The lowest BCUT2D eigenvalue weighted by Crippen LogP contribution is -2.45. The van der Waals surface area contributed by atoms with E-state index in [4.69, 9.17) is 9.05 Å². The first-order valence-corrected chi connectivity index (χ1v) is 29.8. The third-order valence-corrected chi connectivity index (χ3v) is 13.4. The van der Waals surface area contributed by atoms with Crippen LogP contribution in [0.2, 0.25) is 0 Å². The maximum absolute atomic E-state index is 12.9. The smallest absolute Gasteiger partial charge is 0.387 e. The van der Waals surface area contributed by atoms with Crippen molar-refractivity contribution in [2.45, 2.75) is 257 Å². The Morgan fingerprint density at radius 1 is 0.515 bits per heavy atom. The van der Waals surface area contributed by atoms with Gasteiger partial charge in [0.2, 0.25) is 5.91 Å². The number of phosphoric ester groups is 1. The molecule has 1 amide bonds. The number of hydrogen-bond donors (Lipinski definition) is 3. The van der Waals surface area contributed by atoms with Gasteiger partial charge in [-0.1, -0.05) is 241 Å². The van der Waals surface area contributed by atoms with Crippen molar-refractivity contribution in [2.75, 3.05) is 40.9 Å². The van der Waals surface area contributed by atoms with Gasteiger partial charge < -0.3 is 19.8 Å². The van der Waals surface area contributed by atoms with Crippen LogP contribution in [0.3, 0.4) is 0 Å². The van der Waals surface area contributed by atoms with E-state index in [0.29, 0.717) is 17.4 Å². The van der Waals surface area contributed by atoms with Crippen molar-refractivity contribution in [2.24, 2.45) is 0 Å². The van der Waals surface area contributed by atoms with E-state index < -0.39 is 20.0 Å². The molecule has 0 aliphatic carbocycles. The number of amides is 1. The third-order valence-electron chi connectivity index (χ3n) is 12.4. The van der Waals surface area contributed by atoms with Crippen molar-refractivity contribution >= 4 is 13.7 Å². The van der Waals surface area contributed by atoms with Gasteiger partial charge in [0, 0.05) is 6.42 Å². The van der Waals surface area contributed by atoms with Crippen molar-refractivity contribution in [3.63, 3.8) is 0 Å². The standard InChI is InChI=1S/C59H109N2O6P/c1-6-8-10-12-14-16-18-19-20-21-22-23-24-25-26-27-28-29-30-31-32-33-34-35-36-37-38-39-40-41-43-45-47-49-51-53-59(63)60-57(56-67-68(64,65)66-55-54-61(3,4)5)58(62)52-50-48-46-44-42-17-15-13-11-9-7-2/h8,10,14,16,19-20,22-23,42,44,50,52,57-58,62H,6-7,9,11-13,15,17-18,21,24-41,43,45-49,51,53-56H2,1-5H3,(H-,60,63,64,65)/p+1/b10-8-,16-14-,20-19-,23-22-,44-42+,52-50+. The van der Waals surface area contributed by atoms with Crippen molar-refractivity contribution in [1.82, 2.24) is 5.32 Å². The van der Waals surface area contributed by atoms with Gasteiger partial charge in [0.1, 0.15) is 13.2 Å². The average Bonchev–Trinajstić information content (AvgIpc) is 3.30. The zero-order valence-electron chi connectivity index (χ0n) is 45.1. The molecule has 0 fully saturated rings. The van der Waals surface area contributed by atoms with Gasteiger partial charge in [-0.15, -0.1) is 0 Å². The largest absolute Gasteiger partial charge is 0.472 e. The van der Waals surface area contributed by atoms with Crippen molar-refractivity contribution in [3.8, 4) is 0 Å². The summed E-state index contributed by atoms with van der Waals surface area (Å²) < 4.78 is 23.6. The topological polar surface area (TPSA) is 105 Å². The lowest BCUT2D eigenvalue weighted by atomic mass is 10.0. The van der Waals surface area contributed by atoms with Gasteiger partial charge in [-0.25, -0.2) is 4.57 Å². The summed E-state index contributed by atoms with van der Waals surface area (Å²) in [5, 5.41) is 13.8. The number of aliphatic hydroxyl groups is 1. The Hall–Kier alpha value is -2.06. The molecule has 3 atom stereocenters. The zero-order valence-corrected chi connectivity index (χ0v) is 46.0. The summed E-state index contributed by atoms with van der Waals surface area (Å²) in [5.74, 6) is -0.187. The van der Waals surface area contributed by atoms with Gasteiger partial charge in [-0.05, 0) is 70.6 Å². The number of nitrogens with zero attached hydrogens (tertiary/aromatic N) is 1. The van der Waals surface area contributed by atoms with Crippen molar-refractivity contribution in [3.05, 3.63) is 72.9 Å². The van der Waals surface area contributed by atoms with E-state index in [0.717, 1.165) is 64.2 Å². The average molecular weight is 975 g/mol. The van der Waals surface area contributed by atoms with Gasteiger partial charge in [0.15, 0.2) is 0 Å². The predicted molar refractivity (Wildman–Crippen MR) is 295 cm³/mol. The molecule has 0 saturated carbocycles. The zero-order chi connectivity index (χ0) is 49.9. The lowest BCUT2D eigenvalue weighted by Gasteiger charge is -2.25. The normalized spacial score (nSPS) is 14.5. The van der Waals surface area contributed by atoms with Crippen LogP contribution in [-0.4, -0.2) is 73.4 Å². The summed E-state index contributed by atoms with van der Waals surface area (Å²) in [6.45, 7) is 4.66. The van der Waals surface area contributed by atoms with Crippen LogP contribution >= 0.6 is 7.82 Å². The van der Waals surface area contributed by atoms with Crippen molar-refractivity contribution in [1.29, 1.82) is 0 Å². The van der Waals surface area contributed by atoms with E-state index in [9.17, 15) is 19.4 Å². The number of nitrogens with one attached hydrogen (secondary N) is 1. The molecule has 9 heteroatoms. The maximum Gasteiger partial charge on any atom is 0.472 e. The van der Waals surface area contributed by atoms with Crippen LogP contribution in [0.4, 0.5) is 0 Å². The maximum atomic E-state index is 12.9. The molecule has 3 N–H and O–H groups in total. The Morgan fingerprint density at radius 2 is 0.897 bits per heavy atom. The number of carbonyl (C=O) groups is 1. The molecule has 0 spiro atoms. The van der Waals surface area contributed by atoms with Crippen LogP contribution < -0.4 is 5.32 Å². The van der Waals surface area contributed by atoms with E-state index in [1.54, 1.807) is 6.08 Å². The molecule has 0 radical (unpaired) electrons. The van der Waals surface area contributed by atoms with Crippen LogP contribution in [0.25, 0.3) is 0 Å². The molecular weight excluding hydrogens is 864 g/mol. The van der Waals surface area contributed by atoms with Crippen LogP contribution in [0.1, 0.15) is 245 Å². The van der Waals surface area contributed by atoms with E-state index >= 15 is 0 Å². The number of likely N-dealkylation sites (N-methyl/N-ethyl adjacent to an activating group) is 1. The van der Waals surface area contributed by atoms with Gasteiger partial charge in [0.05, 0.1) is 39.9 Å². The highest BCUT2D eigenvalue weighted by molar-refractivity contribution is 7.47. The molecule has 68 heavy (non-hydrogen) atoms. The number of allylic oxidation sites excluding steroid dienone is 11. The third kappa shape index (κ3) is 51.8.